The normalized spacial score (nSPS) is 10.4. The van der Waals surface area contributed by atoms with Gasteiger partial charge in [0, 0.05) is 37.7 Å². The summed E-state index contributed by atoms with van der Waals surface area (Å²) in [6.45, 7) is 4.68. The molecular weight excluding hydrogens is 320 g/mol. The number of anilines is 1. The van der Waals surface area contributed by atoms with Gasteiger partial charge >= 0.3 is 11.8 Å². The van der Waals surface area contributed by atoms with E-state index in [0.29, 0.717) is 29.8 Å². The molecule has 132 valence electrons. The van der Waals surface area contributed by atoms with Crippen LogP contribution in [0.25, 0.3) is 0 Å². The first-order chi connectivity index (χ1) is 12.0. The predicted molar refractivity (Wildman–Crippen MR) is 94.3 cm³/mol. The number of nitrogens with one attached hydrogen (secondary N) is 1. The third-order valence-corrected chi connectivity index (χ3v) is 3.44. The fraction of sp³-hybridized carbons (Fsp3) is 0.333. The molecule has 0 aliphatic rings. The van der Waals surface area contributed by atoms with Gasteiger partial charge in [0.1, 0.15) is 5.75 Å². The molecule has 1 heterocycles. The van der Waals surface area contributed by atoms with E-state index in [2.05, 4.69) is 29.1 Å². The fourth-order valence-corrected chi connectivity index (χ4v) is 2.01. The van der Waals surface area contributed by atoms with Crippen molar-refractivity contribution in [3.63, 3.8) is 0 Å². The van der Waals surface area contributed by atoms with Crippen LogP contribution >= 0.6 is 0 Å². The van der Waals surface area contributed by atoms with Crippen LogP contribution in [0.4, 0.5) is 5.69 Å². The van der Waals surface area contributed by atoms with E-state index in [9.17, 15) is 9.59 Å². The standard InChI is InChI=1S/C18H22N4O3/c1-13(2)7-10-22(3)18(24)17(23)21-14-5-4-6-15(11-14)25-16-12-19-8-9-20-16/h4-6,8-9,11-13H,7,10H2,1-3H3,(H,21,23). The summed E-state index contributed by atoms with van der Waals surface area (Å²) in [6.07, 6.45) is 5.40. The Kier molecular flexibility index (Phi) is 6.45. The number of aromatic nitrogens is 2. The maximum absolute atomic E-state index is 12.1. The monoisotopic (exact) mass is 342 g/mol. The molecule has 0 bridgehead atoms. The summed E-state index contributed by atoms with van der Waals surface area (Å²) in [6, 6.07) is 6.74. The van der Waals surface area contributed by atoms with Gasteiger partial charge < -0.3 is 15.0 Å². The molecule has 1 aromatic carbocycles. The van der Waals surface area contributed by atoms with Crippen molar-refractivity contribution >= 4 is 17.5 Å². The number of hydrogen-bond donors (Lipinski definition) is 1. The molecular formula is C18H22N4O3. The molecule has 1 aromatic heterocycles. The van der Waals surface area contributed by atoms with Crippen LogP contribution in [-0.2, 0) is 9.59 Å². The van der Waals surface area contributed by atoms with Gasteiger partial charge in [0.25, 0.3) is 0 Å². The molecule has 0 saturated carbocycles. The Labute approximate surface area is 147 Å². The third-order valence-electron chi connectivity index (χ3n) is 3.44. The zero-order valence-corrected chi connectivity index (χ0v) is 14.6. The molecule has 7 nitrogen and oxygen atoms in total. The minimum absolute atomic E-state index is 0.343. The van der Waals surface area contributed by atoms with Crippen molar-refractivity contribution < 1.29 is 14.3 Å². The lowest BCUT2D eigenvalue weighted by atomic mass is 10.1. The van der Waals surface area contributed by atoms with Crippen molar-refractivity contribution in [3.05, 3.63) is 42.9 Å². The first kappa shape index (κ1) is 18.4. The quantitative estimate of drug-likeness (QED) is 0.816. The van der Waals surface area contributed by atoms with Gasteiger partial charge in [-0.2, -0.15) is 0 Å². The highest BCUT2D eigenvalue weighted by Gasteiger charge is 2.19. The molecule has 2 rings (SSSR count). The Hall–Kier alpha value is -2.96. The van der Waals surface area contributed by atoms with Crippen LogP contribution in [-0.4, -0.2) is 40.3 Å². The minimum Gasteiger partial charge on any atom is -0.437 e. The van der Waals surface area contributed by atoms with Crippen LogP contribution in [0.1, 0.15) is 20.3 Å². The van der Waals surface area contributed by atoms with Crippen LogP contribution in [0.2, 0.25) is 0 Å². The summed E-state index contributed by atoms with van der Waals surface area (Å²) in [5.74, 6) is 0.0476. The number of carbonyl (C=O) groups excluding carboxylic acids is 2. The summed E-state index contributed by atoms with van der Waals surface area (Å²) >= 11 is 0. The molecule has 0 radical (unpaired) electrons. The second-order valence-electron chi connectivity index (χ2n) is 6.04. The van der Waals surface area contributed by atoms with Crippen molar-refractivity contribution in [1.82, 2.24) is 14.9 Å². The smallest absolute Gasteiger partial charge is 0.313 e. The summed E-state index contributed by atoms with van der Waals surface area (Å²) < 4.78 is 5.55. The molecule has 0 unspecified atom stereocenters. The van der Waals surface area contributed by atoms with Crippen LogP contribution in [0, 0.1) is 5.92 Å². The van der Waals surface area contributed by atoms with Gasteiger partial charge in [-0.05, 0) is 24.5 Å². The van der Waals surface area contributed by atoms with Crippen molar-refractivity contribution in [2.75, 3.05) is 18.9 Å². The number of amides is 2. The van der Waals surface area contributed by atoms with E-state index in [1.807, 2.05) is 0 Å². The van der Waals surface area contributed by atoms with E-state index in [-0.39, 0.29) is 0 Å². The zero-order valence-electron chi connectivity index (χ0n) is 14.6. The molecule has 0 aliphatic heterocycles. The van der Waals surface area contributed by atoms with E-state index < -0.39 is 11.8 Å². The average molecular weight is 342 g/mol. The second-order valence-corrected chi connectivity index (χ2v) is 6.04. The summed E-state index contributed by atoms with van der Waals surface area (Å²) in [7, 11) is 1.62. The van der Waals surface area contributed by atoms with Gasteiger partial charge in [0.05, 0.1) is 6.20 Å². The molecule has 0 spiro atoms. The van der Waals surface area contributed by atoms with Gasteiger partial charge in [-0.3, -0.25) is 14.6 Å². The Bertz CT molecular complexity index is 719. The number of ether oxygens (including phenoxy) is 1. The van der Waals surface area contributed by atoms with E-state index in [1.165, 1.54) is 17.3 Å². The van der Waals surface area contributed by atoms with Crippen molar-refractivity contribution in [2.45, 2.75) is 20.3 Å². The Morgan fingerprint density at radius 2 is 2.08 bits per heavy atom. The molecule has 7 heteroatoms. The van der Waals surface area contributed by atoms with E-state index in [1.54, 1.807) is 37.5 Å². The van der Waals surface area contributed by atoms with Gasteiger partial charge in [-0.1, -0.05) is 19.9 Å². The van der Waals surface area contributed by atoms with Gasteiger partial charge in [0.2, 0.25) is 5.88 Å². The van der Waals surface area contributed by atoms with Crippen LogP contribution < -0.4 is 10.1 Å². The number of nitrogens with zero attached hydrogens (tertiary/aromatic N) is 3. The number of hydrogen-bond acceptors (Lipinski definition) is 5. The molecule has 0 atom stereocenters. The van der Waals surface area contributed by atoms with Crippen molar-refractivity contribution in [2.24, 2.45) is 5.92 Å². The number of rotatable bonds is 6. The lowest BCUT2D eigenvalue weighted by molar-refractivity contribution is -0.142. The van der Waals surface area contributed by atoms with Crippen LogP contribution in [0.5, 0.6) is 11.6 Å². The maximum Gasteiger partial charge on any atom is 0.313 e. The first-order valence-electron chi connectivity index (χ1n) is 8.06. The summed E-state index contributed by atoms with van der Waals surface area (Å²) in [5, 5.41) is 2.59. The number of likely N-dealkylation sites (N-methyl/N-ethyl adjacent to an activating group) is 1. The van der Waals surface area contributed by atoms with E-state index >= 15 is 0 Å². The van der Waals surface area contributed by atoms with Crippen molar-refractivity contribution in [1.29, 1.82) is 0 Å². The third kappa shape index (κ3) is 5.87. The van der Waals surface area contributed by atoms with E-state index in [0.717, 1.165) is 6.42 Å². The average Bonchev–Trinajstić information content (AvgIpc) is 2.60. The summed E-state index contributed by atoms with van der Waals surface area (Å²) in [4.78, 5) is 33.6. The second kappa shape index (κ2) is 8.77. The van der Waals surface area contributed by atoms with E-state index in [4.69, 9.17) is 4.74 Å². The molecule has 0 fully saturated rings. The summed E-state index contributed by atoms with van der Waals surface area (Å²) in [5.41, 5.74) is 0.469. The highest BCUT2D eigenvalue weighted by Crippen LogP contribution is 2.22. The Morgan fingerprint density at radius 1 is 1.28 bits per heavy atom. The number of carbonyl (C=O) groups is 2. The van der Waals surface area contributed by atoms with Gasteiger partial charge in [-0.25, -0.2) is 4.98 Å². The molecule has 1 N–H and O–H groups in total. The minimum atomic E-state index is -0.678. The SMILES string of the molecule is CC(C)CCN(C)C(=O)C(=O)Nc1cccc(Oc2cnccn2)c1. The van der Waals surface area contributed by atoms with Gasteiger partial charge in [0.15, 0.2) is 0 Å². The number of benzene rings is 1. The highest BCUT2D eigenvalue weighted by atomic mass is 16.5. The Balaban J connectivity index is 1.96. The predicted octanol–water partition coefficient (Wildman–Crippen LogP) is 2.71. The van der Waals surface area contributed by atoms with Crippen LogP contribution in [0.3, 0.4) is 0 Å². The van der Waals surface area contributed by atoms with Gasteiger partial charge in [-0.15, -0.1) is 0 Å². The van der Waals surface area contributed by atoms with Crippen molar-refractivity contribution in [3.8, 4) is 11.6 Å². The molecule has 2 amide bonds. The lowest BCUT2D eigenvalue weighted by Crippen LogP contribution is -2.37. The molecule has 0 saturated heterocycles. The molecule has 25 heavy (non-hydrogen) atoms. The topological polar surface area (TPSA) is 84.4 Å². The highest BCUT2D eigenvalue weighted by molar-refractivity contribution is 6.39. The zero-order chi connectivity index (χ0) is 18.2. The molecule has 0 aliphatic carbocycles. The Morgan fingerprint density at radius 3 is 2.76 bits per heavy atom. The fourth-order valence-electron chi connectivity index (χ4n) is 2.01. The maximum atomic E-state index is 12.1. The first-order valence-corrected chi connectivity index (χ1v) is 8.06. The largest absolute Gasteiger partial charge is 0.437 e. The van der Waals surface area contributed by atoms with Crippen LogP contribution in [0.15, 0.2) is 42.9 Å². The lowest BCUT2D eigenvalue weighted by Gasteiger charge is -2.17. The molecule has 2 aromatic rings.